The monoisotopic (exact) mass is 313 g/mol. The number of allylic oxidation sites excluding steroid dienone is 1. The lowest BCUT2D eigenvalue weighted by molar-refractivity contribution is 0.156. The lowest BCUT2D eigenvalue weighted by Crippen LogP contribution is -2.20. The van der Waals surface area contributed by atoms with Crippen LogP contribution >= 0.6 is 0 Å². The first kappa shape index (κ1) is 15.1. The van der Waals surface area contributed by atoms with E-state index in [0.29, 0.717) is 29.8 Å². The van der Waals surface area contributed by atoms with Crippen molar-refractivity contribution in [3.63, 3.8) is 0 Å². The molecule has 0 unspecified atom stereocenters. The highest BCUT2D eigenvalue weighted by atomic mass is 16.5. The van der Waals surface area contributed by atoms with Crippen molar-refractivity contribution in [2.45, 2.75) is 20.0 Å². The standard InChI is InChI=1S/C17H19N3O3/c1-12(2)22-13-6-8-20(9-7-13)17-19-11-16(23-17)15-5-4-14(21-3)10-18-15/h4-8,10-12H,9H2,1-3H3. The topological polar surface area (TPSA) is 60.6 Å². The van der Waals surface area contributed by atoms with E-state index in [1.165, 1.54) is 0 Å². The first-order valence-electron chi connectivity index (χ1n) is 7.43. The van der Waals surface area contributed by atoms with Crippen LogP contribution in [0, 0.1) is 0 Å². The first-order chi connectivity index (χ1) is 11.2. The van der Waals surface area contributed by atoms with Crippen LogP contribution in [0.15, 0.2) is 53.1 Å². The molecule has 3 heterocycles. The van der Waals surface area contributed by atoms with Crippen LogP contribution in [0.2, 0.25) is 0 Å². The molecule has 2 aromatic rings. The van der Waals surface area contributed by atoms with Gasteiger partial charge in [0.25, 0.3) is 0 Å². The van der Waals surface area contributed by atoms with Crippen LogP contribution in [0.5, 0.6) is 5.75 Å². The zero-order valence-electron chi connectivity index (χ0n) is 13.4. The molecular formula is C17H19N3O3. The van der Waals surface area contributed by atoms with Crippen LogP contribution in [-0.4, -0.2) is 29.7 Å². The van der Waals surface area contributed by atoms with E-state index in [9.17, 15) is 0 Å². The minimum Gasteiger partial charge on any atom is -0.495 e. The molecule has 23 heavy (non-hydrogen) atoms. The smallest absolute Gasteiger partial charge is 0.302 e. The number of nitrogens with zero attached hydrogens (tertiary/aromatic N) is 3. The summed E-state index contributed by atoms with van der Waals surface area (Å²) in [6.45, 7) is 4.65. The molecule has 0 aliphatic carbocycles. The molecule has 1 aliphatic heterocycles. The van der Waals surface area contributed by atoms with E-state index in [4.69, 9.17) is 13.9 Å². The average molecular weight is 313 g/mol. The zero-order chi connectivity index (χ0) is 16.2. The summed E-state index contributed by atoms with van der Waals surface area (Å²) in [5.74, 6) is 2.18. The summed E-state index contributed by atoms with van der Waals surface area (Å²) in [5.41, 5.74) is 0.713. The summed E-state index contributed by atoms with van der Waals surface area (Å²) in [6.07, 6.45) is 9.27. The van der Waals surface area contributed by atoms with Gasteiger partial charge in [0.1, 0.15) is 17.2 Å². The number of hydrogen-bond donors (Lipinski definition) is 0. The largest absolute Gasteiger partial charge is 0.495 e. The van der Waals surface area contributed by atoms with Crippen molar-refractivity contribution in [2.75, 3.05) is 18.6 Å². The van der Waals surface area contributed by atoms with Crippen molar-refractivity contribution in [3.8, 4) is 17.2 Å². The number of rotatable bonds is 5. The van der Waals surface area contributed by atoms with Crippen LogP contribution in [0.4, 0.5) is 6.01 Å². The molecule has 0 bridgehead atoms. The summed E-state index contributed by atoms with van der Waals surface area (Å²) in [7, 11) is 1.61. The van der Waals surface area contributed by atoms with Gasteiger partial charge in [-0.05, 0) is 38.1 Å². The van der Waals surface area contributed by atoms with Crippen LogP contribution < -0.4 is 9.64 Å². The Morgan fingerprint density at radius 3 is 2.70 bits per heavy atom. The van der Waals surface area contributed by atoms with Crippen LogP contribution in [-0.2, 0) is 4.74 Å². The van der Waals surface area contributed by atoms with Crippen molar-refractivity contribution in [3.05, 3.63) is 48.6 Å². The molecule has 6 heteroatoms. The number of methoxy groups -OCH3 is 1. The molecule has 0 radical (unpaired) electrons. The van der Waals surface area contributed by atoms with Crippen LogP contribution in [0.1, 0.15) is 13.8 Å². The van der Waals surface area contributed by atoms with Gasteiger partial charge in [-0.25, -0.2) is 9.97 Å². The van der Waals surface area contributed by atoms with E-state index in [1.807, 2.05) is 49.2 Å². The van der Waals surface area contributed by atoms with Crippen LogP contribution in [0.3, 0.4) is 0 Å². The minimum atomic E-state index is 0.159. The normalized spacial score (nSPS) is 14.1. The fourth-order valence-corrected chi connectivity index (χ4v) is 2.14. The Morgan fingerprint density at radius 1 is 1.22 bits per heavy atom. The van der Waals surface area contributed by atoms with Gasteiger partial charge in [-0.3, -0.25) is 4.90 Å². The Labute approximate surface area is 135 Å². The van der Waals surface area contributed by atoms with Crippen molar-refractivity contribution in [1.29, 1.82) is 0 Å². The number of hydrogen-bond acceptors (Lipinski definition) is 6. The molecule has 3 rings (SSSR count). The first-order valence-corrected chi connectivity index (χ1v) is 7.43. The molecule has 0 N–H and O–H groups in total. The third-order valence-electron chi connectivity index (χ3n) is 3.24. The molecule has 0 amide bonds. The maximum Gasteiger partial charge on any atom is 0.302 e. The molecular weight excluding hydrogens is 294 g/mol. The van der Waals surface area contributed by atoms with Gasteiger partial charge in [0, 0.05) is 12.7 Å². The van der Waals surface area contributed by atoms with Gasteiger partial charge in [-0.2, -0.15) is 0 Å². The number of anilines is 1. The summed E-state index contributed by atoms with van der Waals surface area (Å²) in [5, 5.41) is 0. The number of pyridine rings is 1. The molecule has 0 fully saturated rings. The van der Waals surface area contributed by atoms with E-state index in [2.05, 4.69) is 9.97 Å². The highest BCUT2D eigenvalue weighted by Crippen LogP contribution is 2.25. The Hall–Kier alpha value is -2.76. The minimum absolute atomic E-state index is 0.159. The number of ether oxygens (including phenoxy) is 2. The SMILES string of the molecule is COc1ccc(-c2cnc(N3C=CC(OC(C)C)=CC3)o2)nc1. The van der Waals surface area contributed by atoms with E-state index < -0.39 is 0 Å². The summed E-state index contributed by atoms with van der Waals surface area (Å²) in [6, 6.07) is 4.20. The molecule has 0 spiro atoms. The van der Waals surface area contributed by atoms with E-state index in [0.717, 1.165) is 5.76 Å². The molecule has 6 nitrogen and oxygen atoms in total. The second-order valence-electron chi connectivity index (χ2n) is 5.33. The lowest BCUT2D eigenvalue weighted by atomic mass is 10.3. The zero-order valence-corrected chi connectivity index (χ0v) is 13.4. The molecule has 0 atom stereocenters. The van der Waals surface area contributed by atoms with Gasteiger partial charge in [-0.15, -0.1) is 0 Å². The summed E-state index contributed by atoms with van der Waals surface area (Å²) in [4.78, 5) is 10.5. The summed E-state index contributed by atoms with van der Waals surface area (Å²) < 4.78 is 16.5. The molecule has 0 saturated heterocycles. The second kappa shape index (κ2) is 6.56. The summed E-state index contributed by atoms with van der Waals surface area (Å²) >= 11 is 0. The predicted octanol–water partition coefficient (Wildman–Crippen LogP) is 3.39. The Bertz CT molecular complexity index is 717. The van der Waals surface area contributed by atoms with Gasteiger partial charge in [0.15, 0.2) is 5.76 Å². The fourth-order valence-electron chi connectivity index (χ4n) is 2.14. The van der Waals surface area contributed by atoms with Gasteiger partial charge >= 0.3 is 6.01 Å². The van der Waals surface area contributed by atoms with Crippen molar-refractivity contribution in [1.82, 2.24) is 9.97 Å². The van der Waals surface area contributed by atoms with Crippen molar-refractivity contribution >= 4 is 6.01 Å². The quantitative estimate of drug-likeness (QED) is 0.843. The van der Waals surface area contributed by atoms with Crippen LogP contribution in [0.25, 0.3) is 11.5 Å². The number of aromatic nitrogens is 2. The van der Waals surface area contributed by atoms with Crippen molar-refractivity contribution in [2.24, 2.45) is 0 Å². The molecule has 0 aromatic carbocycles. The van der Waals surface area contributed by atoms with Gasteiger partial charge < -0.3 is 13.9 Å². The molecule has 120 valence electrons. The second-order valence-corrected chi connectivity index (χ2v) is 5.33. The maximum atomic E-state index is 5.79. The molecule has 1 aliphatic rings. The average Bonchev–Trinajstić information content (AvgIpc) is 3.05. The number of oxazole rings is 1. The van der Waals surface area contributed by atoms with Gasteiger partial charge in [0.05, 0.1) is 25.6 Å². The van der Waals surface area contributed by atoms with Crippen molar-refractivity contribution < 1.29 is 13.9 Å². The van der Waals surface area contributed by atoms with Gasteiger partial charge in [0.2, 0.25) is 0 Å². The highest BCUT2D eigenvalue weighted by Gasteiger charge is 2.15. The molecule has 0 saturated carbocycles. The third kappa shape index (κ3) is 3.53. The third-order valence-corrected chi connectivity index (χ3v) is 3.24. The van der Waals surface area contributed by atoms with E-state index >= 15 is 0 Å². The fraction of sp³-hybridized carbons (Fsp3) is 0.294. The predicted molar refractivity (Wildman–Crippen MR) is 87.1 cm³/mol. The highest BCUT2D eigenvalue weighted by molar-refractivity contribution is 5.54. The Morgan fingerprint density at radius 2 is 2.09 bits per heavy atom. The Balaban J connectivity index is 1.70. The van der Waals surface area contributed by atoms with Gasteiger partial charge in [-0.1, -0.05) is 0 Å². The molecule has 2 aromatic heterocycles. The lowest BCUT2D eigenvalue weighted by Gasteiger charge is -2.20. The Kier molecular flexibility index (Phi) is 4.32. The van der Waals surface area contributed by atoms with E-state index in [-0.39, 0.29) is 6.10 Å². The van der Waals surface area contributed by atoms with E-state index in [1.54, 1.807) is 19.5 Å². The maximum absolute atomic E-state index is 5.79.